The third-order valence-electron chi connectivity index (χ3n) is 2.45. The first-order chi connectivity index (χ1) is 8.60. The molecule has 2 heteroatoms. The molecule has 0 radical (unpaired) electrons. The minimum Gasteiger partial charge on any atom is -0.294 e. The standard InChI is InChI=1S/C16H27NO/c1-6-12-17(13-7-2)18-14-11-16(5)10-8-9-15(3)4/h6-7,9,11H,1-2,8,10,12-14H2,3-5H3. The molecule has 0 aliphatic carbocycles. The van der Waals surface area contributed by atoms with E-state index >= 15 is 0 Å². The lowest BCUT2D eigenvalue weighted by Gasteiger charge is -2.17. The number of hydrogen-bond donors (Lipinski definition) is 0. The molecule has 0 atom stereocenters. The van der Waals surface area contributed by atoms with Gasteiger partial charge in [-0.1, -0.05) is 35.5 Å². The molecule has 0 rings (SSSR count). The Kier molecular flexibility index (Phi) is 10.3. The first kappa shape index (κ1) is 16.9. The predicted octanol–water partition coefficient (Wildman–Crippen LogP) is 4.28. The minimum absolute atomic E-state index is 0.613. The van der Waals surface area contributed by atoms with Crippen molar-refractivity contribution in [3.8, 4) is 0 Å². The zero-order chi connectivity index (χ0) is 13.8. The monoisotopic (exact) mass is 249 g/mol. The molecule has 0 unspecified atom stereocenters. The predicted molar refractivity (Wildman–Crippen MR) is 80.3 cm³/mol. The van der Waals surface area contributed by atoms with Gasteiger partial charge in [0.1, 0.15) is 0 Å². The maximum absolute atomic E-state index is 5.62. The van der Waals surface area contributed by atoms with Gasteiger partial charge in [-0.25, -0.2) is 0 Å². The van der Waals surface area contributed by atoms with Crippen molar-refractivity contribution in [1.29, 1.82) is 0 Å². The van der Waals surface area contributed by atoms with Crippen LogP contribution in [0.2, 0.25) is 0 Å². The molecule has 0 saturated heterocycles. The summed E-state index contributed by atoms with van der Waals surface area (Å²) in [6.07, 6.45) is 10.3. The number of allylic oxidation sites excluding steroid dienone is 3. The maximum atomic E-state index is 5.62. The quantitative estimate of drug-likeness (QED) is 0.423. The molecule has 0 aliphatic heterocycles. The Hall–Kier alpha value is -1.12. The molecule has 0 amide bonds. The number of nitrogens with zero attached hydrogens (tertiary/aromatic N) is 1. The highest BCUT2D eigenvalue weighted by molar-refractivity contribution is 5.02. The molecule has 0 heterocycles. The van der Waals surface area contributed by atoms with E-state index in [1.54, 1.807) is 0 Å². The second kappa shape index (κ2) is 11.0. The van der Waals surface area contributed by atoms with Crippen molar-refractivity contribution < 1.29 is 4.84 Å². The van der Waals surface area contributed by atoms with E-state index in [-0.39, 0.29) is 0 Å². The summed E-state index contributed by atoms with van der Waals surface area (Å²) in [6, 6.07) is 0. The highest BCUT2D eigenvalue weighted by Gasteiger charge is 1.98. The highest BCUT2D eigenvalue weighted by atomic mass is 16.7. The van der Waals surface area contributed by atoms with Crippen molar-refractivity contribution >= 4 is 0 Å². The van der Waals surface area contributed by atoms with Crippen molar-refractivity contribution in [2.45, 2.75) is 33.6 Å². The first-order valence-electron chi connectivity index (χ1n) is 6.48. The van der Waals surface area contributed by atoms with Crippen LogP contribution in [-0.4, -0.2) is 24.8 Å². The van der Waals surface area contributed by atoms with E-state index in [2.05, 4.69) is 46.1 Å². The van der Waals surface area contributed by atoms with Gasteiger partial charge in [-0.05, 0) is 33.6 Å². The van der Waals surface area contributed by atoms with Gasteiger partial charge in [-0.2, -0.15) is 5.06 Å². The van der Waals surface area contributed by atoms with Gasteiger partial charge in [0.25, 0.3) is 0 Å². The lowest BCUT2D eigenvalue weighted by molar-refractivity contribution is -0.131. The van der Waals surface area contributed by atoms with Crippen molar-refractivity contribution in [2.75, 3.05) is 19.7 Å². The van der Waals surface area contributed by atoms with E-state index in [0.29, 0.717) is 6.61 Å². The van der Waals surface area contributed by atoms with Crippen molar-refractivity contribution in [2.24, 2.45) is 0 Å². The van der Waals surface area contributed by atoms with Gasteiger partial charge in [0.05, 0.1) is 6.61 Å². The summed E-state index contributed by atoms with van der Waals surface area (Å²) in [6.45, 7) is 15.9. The molecule has 0 aromatic heterocycles. The SMILES string of the molecule is C=CCN(CC=C)OCC=C(C)CCC=C(C)C. The average molecular weight is 249 g/mol. The van der Waals surface area contributed by atoms with Crippen LogP contribution < -0.4 is 0 Å². The van der Waals surface area contributed by atoms with Gasteiger partial charge in [0, 0.05) is 13.1 Å². The summed E-state index contributed by atoms with van der Waals surface area (Å²) in [5.41, 5.74) is 2.74. The fourth-order valence-corrected chi connectivity index (χ4v) is 1.44. The van der Waals surface area contributed by atoms with Crippen LogP contribution in [0.3, 0.4) is 0 Å². The van der Waals surface area contributed by atoms with Gasteiger partial charge < -0.3 is 0 Å². The maximum Gasteiger partial charge on any atom is 0.0869 e. The third-order valence-corrected chi connectivity index (χ3v) is 2.45. The second-order valence-electron chi connectivity index (χ2n) is 4.59. The summed E-state index contributed by atoms with van der Waals surface area (Å²) in [7, 11) is 0. The molecule has 18 heavy (non-hydrogen) atoms. The summed E-state index contributed by atoms with van der Waals surface area (Å²) in [5, 5.41) is 1.85. The fourth-order valence-electron chi connectivity index (χ4n) is 1.44. The molecule has 0 saturated carbocycles. The number of hydrogen-bond acceptors (Lipinski definition) is 2. The smallest absolute Gasteiger partial charge is 0.0869 e. The Morgan fingerprint density at radius 3 is 2.17 bits per heavy atom. The molecular formula is C16H27NO. The molecule has 0 aromatic carbocycles. The van der Waals surface area contributed by atoms with Crippen LogP contribution in [0.4, 0.5) is 0 Å². The third kappa shape index (κ3) is 10.1. The van der Waals surface area contributed by atoms with Crippen LogP contribution in [0.1, 0.15) is 33.6 Å². The van der Waals surface area contributed by atoms with Crippen LogP contribution in [-0.2, 0) is 4.84 Å². The largest absolute Gasteiger partial charge is 0.294 e. The van der Waals surface area contributed by atoms with Crippen molar-refractivity contribution in [3.05, 3.63) is 48.6 Å². The summed E-state index contributed by atoms with van der Waals surface area (Å²) in [5.74, 6) is 0. The zero-order valence-corrected chi connectivity index (χ0v) is 12.1. The van der Waals surface area contributed by atoms with Gasteiger partial charge in [0.2, 0.25) is 0 Å². The van der Waals surface area contributed by atoms with Crippen molar-refractivity contribution in [3.63, 3.8) is 0 Å². The Bertz CT molecular complexity index is 288. The molecule has 102 valence electrons. The second-order valence-corrected chi connectivity index (χ2v) is 4.59. The normalized spacial score (nSPS) is 11.4. The van der Waals surface area contributed by atoms with Gasteiger partial charge in [-0.15, -0.1) is 13.2 Å². The highest BCUT2D eigenvalue weighted by Crippen LogP contribution is 2.06. The molecule has 0 N–H and O–H groups in total. The van der Waals surface area contributed by atoms with Gasteiger partial charge >= 0.3 is 0 Å². The van der Waals surface area contributed by atoms with Crippen LogP contribution in [0.15, 0.2) is 48.6 Å². The van der Waals surface area contributed by atoms with E-state index in [9.17, 15) is 0 Å². The topological polar surface area (TPSA) is 12.5 Å². The Labute approximate surface area is 112 Å². The first-order valence-corrected chi connectivity index (χ1v) is 6.48. The van der Waals surface area contributed by atoms with Crippen LogP contribution in [0.25, 0.3) is 0 Å². The summed E-state index contributed by atoms with van der Waals surface area (Å²) >= 11 is 0. The molecule has 0 spiro atoms. The Morgan fingerprint density at radius 1 is 1.06 bits per heavy atom. The lowest BCUT2D eigenvalue weighted by Crippen LogP contribution is -2.24. The van der Waals surface area contributed by atoms with E-state index in [0.717, 1.165) is 25.9 Å². The Morgan fingerprint density at radius 2 is 1.67 bits per heavy atom. The van der Waals surface area contributed by atoms with E-state index < -0.39 is 0 Å². The van der Waals surface area contributed by atoms with E-state index in [1.165, 1.54) is 11.1 Å². The van der Waals surface area contributed by atoms with E-state index in [1.807, 2.05) is 17.2 Å². The number of rotatable bonds is 10. The zero-order valence-electron chi connectivity index (χ0n) is 12.1. The molecular weight excluding hydrogens is 222 g/mol. The molecule has 0 aromatic rings. The minimum atomic E-state index is 0.613. The molecule has 0 bridgehead atoms. The molecule has 2 nitrogen and oxygen atoms in total. The molecule has 0 fully saturated rings. The summed E-state index contributed by atoms with van der Waals surface area (Å²) in [4.78, 5) is 5.62. The van der Waals surface area contributed by atoms with Crippen LogP contribution in [0.5, 0.6) is 0 Å². The fraction of sp³-hybridized carbons (Fsp3) is 0.500. The van der Waals surface area contributed by atoms with Crippen LogP contribution >= 0.6 is 0 Å². The Balaban J connectivity index is 3.92. The summed E-state index contributed by atoms with van der Waals surface area (Å²) < 4.78 is 0. The molecule has 0 aliphatic rings. The van der Waals surface area contributed by atoms with Gasteiger partial charge in [0.15, 0.2) is 0 Å². The number of hydroxylamine groups is 2. The lowest BCUT2D eigenvalue weighted by atomic mass is 10.1. The van der Waals surface area contributed by atoms with E-state index in [4.69, 9.17) is 4.84 Å². The van der Waals surface area contributed by atoms with Gasteiger partial charge in [-0.3, -0.25) is 4.84 Å². The average Bonchev–Trinajstić information content (AvgIpc) is 2.29. The van der Waals surface area contributed by atoms with Crippen molar-refractivity contribution in [1.82, 2.24) is 5.06 Å². The van der Waals surface area contributed by atoms with Crippen LogP contribution in [0, 0.1) is 0 Å².